The van der Waals surface area contributed by atoms with Gasteiger partial charge in [0.2, 0.25) is 0 Å². The number of hydrogen-bond donors (Lipinski definition) is 2. The van der Waals surface area contributed by atoms with Crippen LogP contribution in [0.4, 0.5) is 5.69 Å². The van der Waals surface area contributed by atoms with Gasteiger partial charge in [-0.25, -0.2) is 9.79 Å². The largest absolute Gasteiger partial charge is 0.478 e. The summed E-state index contributed by atoms with van der Waals surface area (Å²) in [4.78, 5) is 15.0. The van der Waals surface area contributed by atoms with Gasteiger partial charge in [-0.2, -0.15) is 5.26 Å². The van der Waals surface area contributed by atoms with Crippen molar-refractivity contribution in [3.63, 3.8) is 0 Å². The number of halogens is 2. The zero-order valence-electron chi connectivity index (χ0n) is 9.07. The van der Waals surface area contributed by atoms with Gasteiger partial charge in [-0.15, -0.1) is 0 Å². The second-order valence-corrected chi connectivity index (χ2v) is 5.01. The third-order valence-electron chi connectivity index (χ3n) is 1.83. The fraction of sp³-hybridized carbons (Fsp3) is 0.100. The Morgan fingerprint density at radius 3 is 2.78 bits per heavy atom. The van der Waals surface area contributed by atoms with Crippen molar-refractivity contribution < 1.29 is 9.90 Å². The van der Waals surface area contributed by atoms with Crippen molar-refractivity contribution in [2.24, 2.45) is 4.99 Å². The Labute approximate surface area is 121 Å². The van der Waals surface area contributed by atoms with E-state index in [0.717, 1.165) is 0 Å². The Bertz CT molecular complexity index is 534. The highest BCUT2D eigenvalue weighted by atomic mass is 79.9. The molecule has 5 nitrogen and oxygen atoms in total. The van der Waals surface area contributed by atoms with E-state index in [1.165, 1.54) is 23.9 Å². The van der Waals surface area contributed by atoms with Gasteiger partial charge in [-0.05, 0) is 34.3 Å². The summed E-state index contributed by atoms with van der Waals surface area (Å²) in [5.74, 6) is -1.08. The Hall–Kier alpha value is -1.23. The quantitative estimate of drug-likeness (QED) is 0.371. The van der Waals surface area contributed by atoms with Crippen LogP contribution in [0.15, 0.2) is 21.6 Å². The van der Waals surface area contributed by atoms with E-state index in [0.29, 0.717) is 15.3 Å². The molecule has 0 saturated carbocycles. The third kappa shape index (κ3) is 3.63. The topological polar surface area (TPSA) is 85.5 Å². The van der Waals surface area contributed by atoms with Crippen LogP contribution in [0.2, 0.25) is 5.02 Å². The lowest BCUT2D eigenvalue weighted by Crippen LogP contribution is -2.12. The summed E-state index contributed by atoms with van der Waals surface area (Å²) in [7, 11) is 0. The number of amidine groups is 1. The molecule has 8 heteroatoms. The number of nitrogens with one attached hydrogen (secondary N) is 1. The van der Waals surface area contributed by atoms with Gasteiger partial charge in [-0.3, -0.25) is 5.32 Å². The highest BCUT2D eigenvalue weighted by molar-refractivity contribution is 9.10. The number of nitriles is 1. The number of hydrogen-bond acceptors (Lipinski definition) is 4. The van der Waals surface area contributed by atoms with Crippen molar-refractivity contribution in [3.8, 4) is 6.19 Å². The van der Waals surface area contributed by atoms with E-state index in [9.17, 15) is 4.79 Å². The van der Waals surface area contributed by atoms with Crippen molar-refractivity contribution in [1.82, 2.24) is 5.32 Å². The first-order valence-corrected chi connectivity index (χ1v) is 6.89. The molecule has 0 saturated heterocycles. The predicted molar refractivity (Wildman–Crippen MR) is 75.5 cm³/mol. The zero-order valence-corrected chi connectivity index (χ0v) is 12.2. The maximum Gasteiger partial charge on any atom is 0.335 e. The van der Waals surface area contributed by atoms with Crippen molar-refractivity contribution >= 4 is 56.1 Å². The summed E-state index contributed by atoms with van der Waals surface area (Å²) >= 11 is 10.4. The van der Waals surface area contributed by atoms with Gasteiger partial charge in [0, 0.05) is 4.47 Å². The van der Waals surface area contributed by atoms with Crippen molar-refractivity contribution in [1.29, 1.82) is 5.26 Å². The number of carboxylic acid groups (broad SMARTS) is 1. The van der Waals surface area contributed by atoms with Crippen LogP contribution in [0.5, 0.6) is 0 Å². The lowest BCUT2D eigenvalue weighted by atomic mass is 10.2. The molecule has 1 rings (SSSR count). The van der Waals surface area contributed by atoms with E-state index in [1.54, 1.807) is 12.4 Å². The van der Waals surface area contributed by atoms with E-state index in [4.69, 9.17) is 22.0 Å². The van der Waals surface area contributed by atoms with Gasteiger partial charge in [0.05, 0.1) is 16.3 Å². The predicted octanol–water partition coefficient (Wildman–Crippen LogP) is 3.22. The molecule has 0 amide bonds. The molecule has 94 valence electrons. The first-order chi connectivity index (χ1) is 8.49. The van der Waals surface area contributed by atoms with Gasteiger partial charge in [0.25, 0.3) is 0 Å². The minimum Gasteiger partial charge on any atom is -0.478 e. The SMILES string of the molecule is CSC(=Nc1c(Cl)cc(C(=O)O)cc1Br)NC#N. The molecule has 0 atom stereocenters. The average molecular weight is 349 g/mol. The molecule has 0 heterocycles. The molecule has 0 aliphatic carbocycles. The van der Waals surface area contributed by atoms with Gasteiger partial charge >= 0.3 is 5.97 Å². The Balaban J connectivity index is 3.27. The Morgan fingerprint density at radius 1 is 1.67 bits per heavy atom. The van der Waals surface area contributed by atoms with Crippen LogP contribution in [-0.4, -0.2) is 22.5 Å². The number of aromatic carboxylic acids is 1. The molecule has 0 unspecified atom stereocenters. The maximum atomic E-state index is 10.8. The number of rotatable bonds is 2. The second-order valence-electron chi connectivity index (χ2n) is 2.95. The van der Waals surface area contributed by atoms with E-state index >= 15 is 0 Å². The molecule has 18 heavy (non-hydrogen) atoms. The average Bonchev–Trinajstić information content (AvgIpc) is 2.31. The summed E-state index contributed by atoms with van der Waals surface area (Å²) in [5, 5.41) is 20.3. The van der Waals surface area contributed by atoms with E-state index < -0.39 is 5.97 Å². The van der Waals surface area contributed by atoms with E-state index in [-0.39, 0.29) is 10.6 Å². The van der Waals surface area contributed by atoms with Crippen molar-refractivity contribution in [2.75, 3.05) is 6.26 Å². The molecule has 0 aliphatic rings. The maximum absolute atomic E-state index is 10.8. The van der Waals surface area contributed by atoms with Crippen LogP contribution < -0.4 is 5.32 Å². The summed E-state index contributed by atoms with van der Waals surface area (Å²) in [5.41, 5.74) is 0.429. The first kappa shape index (κ1) is 14.8. The molecule has 0 aromatic heterocycles. The summed E-state index contributed by atoms with van der Waals surface area (Å²) in [6, 6.07) is 2.70. The lowest BCUT2D eigenvalue weighted by Gasteiger charge is -2.06. The lowest BCUT2D eigenvalue weighted by molar-refractivity contribution is 0.0697. The molecular weight excluding hydrogens is 342 g/mol. The van der Waals surface area contributed by atoms with Crippen LogP contribution >= 0.6 is 39.3 Å². The summed E-state index contributed by atoms with van der Waals surface area (Å²) in [6.45, 7) is 0. The number of nitrogens with zero attached hydrogens (tertiary/aromatic N) is 2. The third-order valence-corrected chi connectivity index (χ3v) is 3.31. The number of benzene rings is 1. The number of carbonyl (C=O) groups is 1. The minimum absolute atomic E-state index is 0.0600. The van der Waals surface area contributed by atoms with Crippen LogP contribution in [0.25, 0.3) is 0 Å². The number of carboxylic acids is 1. The fourth-order valence-corrected chi connectivity index (χ4v) is 2.32. The molecule has 1 aromatic rings. The molecule has 0 aliphatic heterocycles. The summed E-state index contributed by atoms with van der Waals surface area (Å²) in [6.07, 6.45) is 3.50. The Morgan fingerprint density at radius 2 is 2.33 bits per heavy atom. The summed E-state index contributed by atoms with van der Waals surface area (Å²) < 4.78 is 0.443. The molecule has 1 aromatic carbocycles. The Kier molecular flexibility index (Phi) is 5.47. The molecule has 0 spiro atoms. The van der Waals surface area contributed by atoms with Gasteiger partial charge in [0.1, 0.15) is 0 Å². The standard InChI is InChI=1S/C10H7BrClN3O2S/c1-18-10(14-4-13)15-8-6(11)2-5(9(16)17)3-7(8)12/h2-3H,1H3,(H,14,15)(H,16,17). The molecular formula is C10H7BrClN3O2S. The van der Waals surface area contributed by atoms with Crippen LogP contribution in [0.3, 0.4) is 0 Å². The molecule has 0 bridgehead atoms. The highest BCUT2D eigenvalue weighted by Crippen LogP contribution is 2.35. The van der Waals surface area contributed by atoms with Crippen molar-refractivity contribution in [3.05, 3.63) is 27.2 Å². The van der Waals surface area contributed by atoms with Crippen LogP contribution in [-0.2, 0) is 0 Å². The smallest absolute Gasteiger partial charge is 0.335 e. The van der Waals surface area contributed by atoms with Gasteiger partial charge in [0.15, 0.2) is 11.4 Å². The normalized spacial score (nSPS) is 10.9. The molecule has 0 radical (unpaired) electrons. The van der Waals surface area contributed by atoms with Gasteiger partial charge in [-0.1, -0.05) is 23.4 Å². The fourth-order valence-electron chi connectivity index (χ4n) is 1.07. The highest BCUT2D eigenvalue weighted by Gasteiger charge is 2.12. The van der Waals surface area contributed by atoms with Crippen molar-refractivity contribution in [2.45, 2.75) is 0 Å². The minimum atomic E-state index is -1.08. The van der Waals surface area contributed by atoms with Crippen LogP contribution in [0.1, 0.15) is 10.4 Å². The molecule has 0 fully saturated rings. The number of thioether (sulfide) groups is 1. The monoisotopic (exact) mass is 347 g/mol. The van der Waals surface area contributed by atoms with Crippen LogP contribution in [0, 0.1) is 11.5 Å². The van der Waals surface area contributed by atoms with E-state index in [1.807, 2.05) is 0 Å². The second kappa shape index (κ2) is 6.64. The first-order valence-electron chi connectivity index (χ1n) is 4.49. The zero-order chi connectivity index (χ0) is 13.7. The number of aliphatic imine (C=N–C) groups is 1. The molecule has 2 N–H and O–H groups in total. The van der Waals surface area contributed by atoms with Gasteiger partial charge < -0.3 is 5.11 Å². The van der Waals surface area contributed by atoms with E-state index in [2.05, 4.69) is 26.2 Å².